The number of rotatable bonds is 4. The number of ether oxygens (including phenoxy) is 1. The van der Waals surface area contributed by atoms with Gasteiger partial charge in [-0.3, -0.25) is 0 Å². The average molecular weight is 257 g/mol. The van der Waals surface area contributed by atoms with Crippen LogP contribution in [0.15, 0.2) is 12.1 Å². The number of aryl methyl sites for hydroxylation is 1. The minimum Gasteiger partial charge on any atom is -0.479 e. The van der Waals surface area contributed by atoms with E-state index in [0.29, 0.717) is 10.8 Å². The molecule has 0 aliphatic carbocycles. The van der Waals surface area contributed by atoms with Gasteiger partial charge in [-0.2, -0.15) is 0 Å². The van der Waals surface area contributed by atoms with Crippen molar-refractivity contribution in [3.63, 3.8) is 0 Å². The third-order valence-electron chi connectivity index (χ3n) is 2.56. The van der Waals surface area contributed by atoms with Crippen molar-refractivity contribution in [1.29, 1.82) is 0 Å². The predicted octanol–water partition coefficient (Wildman–Crippen LogP) is 3.62. The average Bonchev–Trinajstić information content (AvgIpc) is 2.22. The number of aliphatic carboxylic acids is 1. The predicted molar refractivity (Wildman–Crippen MR) is 68.0 cm³/mol. The van der Waals surface area contributed by atoms with E-state index in [-0.39, 0.29) is 5.92 Å². The van der Waals surface area contributed by atoms with Crippen molar-refractivity contribution >= 4 is 17.6 Å². The number of halogens is 1. The van der Waals surface area contributed by atoms with Crippen molar-refractivity contribution in [3.8, 4) is 5.75 Å². The summed E-state index contributed by atoms with van der Waals surface area (Å²) in [5.41, 5.74) is 1.80. The lowest BCUT2D eigenvalue weighted by Crippen LogP contribution is -2.23. The summed E-state index contributed by atoms with van der Waals surface area (Å²) in [6.45, 7) is 7.40. The highest BCUT2D eigenvalue weighted by molar-refractivity contribution is 6.31. The van der Waals surface area contributed by atoms with E-state index in [0.717, 1.165) is 11.1 Å². The minimum absolute atomic E-state index is 0.226. The largest absolute Gasteiger partial charge is 0.479 e. The fraction of sp³-hybridized carbons (Fsp3) is 0.462. The molecule has 1 rings (SSSR count). The molecule has 0 radical (unpaired) electrons. The molecule has 1 aromatic rings. The molecule has 1 aromatic carbocycles. The lowest BCUT2D eigenvalue weighted by Gasteiger charge is -2.18. The number of carbonyl (C=O) groups is 1. The molecule has 0 spiro atoms. The number of hydrogen-bond acceptors (Lipinski definition) is 2. The first kappa shape index (κ1) is 13.8. The van der Waals surface area contributed by atoms with Crippen LogP contribution < -0.4 is 4.74 Å². The number of carboxylic acids is 1. The number of hydrogen-bond donors (Lipinski definition) is 1. The van der Waals surface area contributed by atoms with Crippen molar-refractivity contribution in [3.05, 3.63) is 28.3 Å². The van der Waals surface area contributed by atoms with Gasteiger partial charge in [-0.25, -0.2) is 4.79 Å². The Balaban J connectivity index is 3.12. The molecule has 1 atom stereocenters. The van der Waals surface area contributed by atoms with Gasteiger partial charge in [0.05, 0.1) is 0 Å². The van der Waals surface area contributed by atoms with Gasteiger partial charge in [0, 0.05) is 5.02 Å². The van der Waals surface area contributed by atoms with E-state index in [1.165, 1.54) is 6.92 Å². The molecule has 0 saturated heterocycles. The highest BCUT2D eigenvalue weighted by Crippen LogP contribution is 2.32. The summed E-state index contributed by atoms with van der Waals surface area (Å²) in [4.78, 5) is 10.8. The Morgan fingerprint density at radius 2 is 1.94 bits per heavy atom. The van der Waals surface area contributed by atoms with Crippen LogP contribution in [0.5, 0.6) is 5.75 Å². The number of carboxylic acid groups (broad SMARTS) is 1. The van der Waals surface area contributed by atoms with Gasteiger partial charge in [0.1, 0.15) is 5.75 Å². The molecule has 0 saturated carbocycles. The maximum absolute atomic E-state index is 10.8. The van der Waals surface area contributed by atoms with Crippen LogP contribution in [0.25, 0.3) is 0 Å². The summed E-state index contributed by atoms with van der Waals surface area (Å²) in [6, 6.07) is 3.63. The quantitative estimate of drug-likeness (QED) is 0.895. The van der Waals surface area contributed by atoms with Crippen LogP contribution in [0, 0.1) is 6.92 Å². The summed E-state index contributed by atoms with van der Waals surface area (Å²) >= 11 is 6.06. The summed E-state index contributed by atoms with van der Waals surface area (Å²) in [6.07, 6.45) is -0.868. The highest BCUT2D eigenvalue weighted by Gasteiger charge is 2.17. The van der Waals surface area contributed by atoms with E-state index in [4.69, 9.17) is 21.4 Å². The van der Waals surface area contributed by atoms with Gasteiger partial charge in [0.2, 0.25) is 0 Å². The molecule has 0 bridgehead atoms. The van der Waals surface area contributed by atoms with Crippen molar-refractivity contribution in [2.45, 2.75) is 39.7 Å². The molecule has 3 nitrogen and oxygen atoms in total. The third-order valence-corrected chi connectivity index (χ3v) is 2.97. The molecule has 0 aliphatic rings. The molecule has 0 aliphatic heterocycles. The van der Waals surface area contributed by atoms with E-state index in [1.54, 1.807) is 6.07 Å². The normalized spacial score (nSPS) is 12.6. The Hall–Kier alpha value is -1.22. The molecule has 4 heteroatoms. The summed E-state index contributed by atoms with van der Waals surface area (Å²) in [7, 11) is 0. The zero-order valence-electron chi connectivity index (χ0n) is 10.5. The zero-order chi connectivity index (χ0) is 13.2. The Morgan fingerprint density at radius 3 is 2.41 bits per heavy atom. The van der Waals surface area contributed by atoms with Crippen LogP contribution in [0.3, 0.4) is 0 Å². The van der Waals surface area contributed by atoms with Crippen LogP contribution in [-0.2, 0) is 4.79 Å². The molecule has 1 unspecified atom stereocenters. The molecule has 17 heavy (non-hydrogen) atoms. The Kier molecular flexibility index (Phi) is 4.40. The zero-order valence-corrected chi connectivity index (χ0v) is 11.2. The van der Waals surface area contributed by atoms with Crippen molar-refractivity contribution < 1.29 is 14.6 Å². The monoisotopic (exact) mass is 256 g/mol. The van der Waals surface area contributed by atoms with Crippen LogP contribution in [0.4, 0.5) is 0 Å². The first-order chi connectivity index (χ1) is 7.82. The molecule has 0 aromatic heterocycles. The summed E-state index contributed by atoms with van der Waals surface area (Å²) in [5.74, 6) is -0.159. The molecular formula is C13H17ClO3. The molecular weight excluding hydrogens is 240 g/mol. The SMILES string of the molecule is Cc1cc(OC(C)C(=O)O)c(C(C)C)cc1Cl. The second-order valence-corrected chi connectivity index (χ2v) is 4.80. The maximum Gasteiger partial charge on any atom is 0.344 e. The van der Waals surface area contributed by atoms with Gasteiger partial charge >= 0.3 is 5.97 Å². The van der Waals surface area contributed by atoms with Gasteiger partial charge in [0.25, 0.3) is 0 Å². The Bertz CT molecular complexity index is 427. The minimum atomic E-state index is -0.979. The number of benzene rings is 1. The van der Waals surface area contributed by atoms with Crippen LogP contribution in [-0.4, -0.2) is 17.2 Å². The van der Waals surface area contributed by atoms with E-state index in [9.17, 15) is 4.79 Å². The first-order valence-electron chi connectivity index (χ1n) is 5.52. The van der Waals surface area contributed by atoms with Gasteiger partial charge in [-0.05, 0) is 43.0 Å². The van der Waals surface area contributed by atoms with Gasteiger partial charge in [0.15, 0.2) is 6.10 Å². The van der Waals surface area contributed by atoms with E-state index >= 15 is 0 Å². The third kappa shape index (κ3) is 3.37. The standard InChI is InChI=1S/C13H17ClO3/c1-7(2)10-6-11(14)8(3)5-12(10)17-9(4)13(15)16/h5-7,9H,1-4H3,(H,15,16). The van der Waals surface area contributed by atoms with E-state index in [1.807, 2.05) is 26.8 Å². The molecule has 0 fully saturated rings. The first-order valence-corrected chi connectivity index (χ1v) is 5.90. The summed E-state index contributed by atoms with van der Waals surface area (Å²) < 4.78 is 5.45. The van der Waals surface area contributed by atoms with Gasteiger partial charge < -0.3 is 9.84 Å². The van der Waals surface area contributed by atoms with E-state index in [2.05, 4.69) is 0 Å². The molecule has 0 heterocycles. The van der Waals surface area contributed by atoms with Crippen molar-refractivity contribution in [2.75, 3.05) is 0 Å². The Labute approximate surface area is 106 Å². The molecule has 0 amide bonds. The lowest BCUT2D eigenvalue weighted by molar-refractivity contribution is -0.144. The van der Waals surface area contributed by atoms with Crippen LogP contribution in [0.1, 0.15) is 37.8 Å². The van der Waals surface area contributed by atoms with Crippen LogP contribution in [0.2, 0.25) is 5.02 Å². The van der Waals surface area contributed by atoms with Crippen LogP contribution >= 0.6 is 11.6 Å². The lowest BCUT2D eigenvalue weighted by atomic mass is 10.0. The van der Waals surface area contributed by atoms with Gasteiger partial charge in [-0.15, -0.1) is 0 Å². The second-order valence-electron chi connectivity index (χ2n) is 4.39. The topological polar surface area (TPSA) is 46.5 Å². The smallest absolute Gasteiger partial charge is 0.344 e. The van der Waals surface area contributed by atoms with Crippen molar-refractivity contribution in [2.24, 2.45) is 0 Å². The van der Waals surface area contributed by atoms with Crippen molar-refractivity contribution in [1.82, 2.24) is 0 Å². The highest BCUT2D eigenvalue weighted by atomic mass is 35.5. The second kappa shape index (κ2) is 5.41. The Morgan fingerprint density at radius 1 is 1.35 bits per heavy atom. The fourth-order valence-corrected chi connectivity index (χ4v) is 1.64. The molecule has 94 valence electrons. The fourth-order valence-electron chi connectivity index (χ4n) is 1.46. The van der Waals surface area contributed by atoms with Gasteiger partial charge in [-0.1, -0.05) is 25.4 Å². The van der Waals surface area contributed by atoms with E-state index < -0.39 is 12.1 Å². The summed E-state index contributed by atoms with van der Waals surface area (Å²) in [5, 5.41) is 9.52. The molecule has 1 N–H and O–H groups in total. The maximum atomic E-state index is 10.8.